The second-order valence-corrected chi connectivity index (χ2v) is 6.21. The van der Waals surface area contributed by atoms with Crippen LogP contribution in [0.2, 0.25) is 0 Å². The Bertz CT molecular complexity index is 439. The summed E-state index contributed by atoms with van der Waals surface area (Å²) in [5.74, 6) is 1.26. The first-order valence-electron chi connectivity index (χ1n) is 7.10. The third-order valence-electron chi connectivity index (χ3n) is 3.17. The molecule has 1 saturated heterocycles. The lowest BCUT2D eigenvalue weighted by molar-refractivity contribution is 0.0285. The number of hydrogen-bond donors (Lipinski definition) is 0. The largest absolute Gasteiger partial charge is 0.493 e. The van der Waals surface area contributed by atoms with E-state index < -0.39 is 5.60 Å². The fourth-order valence-corrected chi connectivity index (χ4v) is 2.19. The summed E-state index contributed by atoms with van der Waals surface area (Å²) in [5, 5.41) is 0. The van der Waals surface area contributed by atoms with Crippen molar-refractivity contribution in [1.82, 2.24) is 4.90 Å². The molecule has 0 aliphatic carbocycles. The molecule has 0 N–H and O–H groups in total. The number of hydrogen-bond acceptors (Lipinski definition) is 3. The molecule has 0 spiro atoms. The van der Waals surface area contributed by atoms with Gasteiger partial charge in [0.25, 0.3) is 0 Å². The average Bonchev–Trinajstić information content (AvgIpc) is 2.84. The van der Waals surface area contributed by atoms with Crippen LogP contribution in [0.5, 0.6) is 5.75 Å². The minimum Gasteiger partial charge on any atom is -0.493 e. The topological polar surface area (TPSA) is 38.8 Å². The highest BCUT2D eigenvalue weighted by atomic mass is 16.6. The van der Waals surface area contributed by atoms with Crippen molar-refractivity contribution in [1.29, 1.82) is 0 Å². The van der Waals surface area contributed by atoms with Crippen LogP contribution in [0.25, 0.3) is 0 Å². The second kappa shape index (κ2) is 6.16. The van der Waals surface area contributed by atoms with Gasteiger partial charge in [-0.3, -0.25) is 0 Å². The van der Waals surface area contributed by atoms with Crippen molar-refractivity contribution in [2.75, 3.05) is 19.7 Å². The molecule has 4 heteroatoms. The van der Waals surface area contributed by atoms with E-state index in [1.54, 1.807) is 4.90 Å². The van der Waals surface area contributed by atoms with Gasteiger partial charge >= 0.3 is 6.09 Å². The van der Waals surface area contributed by atoms with Gasteiger partial charge in [-0.1, -0.05) is 18.2 Å². The van der Waals surface area contributed by atoms with Crippen LogP contribution in [-0.2, 0) is 4.74 Å². The first-order chi connectivity index (χ1) is 9.44. The van der Waals surface area contributed by atoms with Crippen molar-refractivity contribution in [3.63, 3.8) is 0 Å². The fraction of sp³-hybridized carbons (Fsp3) is 0.562. The Hall–Kier alpha value is -1.71. The molecule has 1 unspecified atom stereocenters. The lowest BCUT2D eigenvalue weighted by Gasteiger charge is -2.24. The minimum absolute atomic E-state index is 0.222. The molecule has 1 fully saturated rings. The molecule has 1 aromatic carbocycles. The zero-order chi connectivity index (χ0) is 14.6. The molecule has 1 atom stereocenters. The second-order valence-electron chi connectivity index (χ2n) is 6.21. The standard InChI is InChI=1S/C16H23NO3/c1-16(2,3)20-15(18)17-10-9-13(11-17)12-19-14-7-5-4-6-8-14/h4-8,13H,9-12H2,1-3H3. The molecule has 4 nitrogen and oxygen atoms in total. The molecule has 1 aromatic rings. The Morgan fingerprint density at radius 3 is 2.65 bits per heavy atom. The maximum atomic E-state index is 11.9. The van der Waals surface area contributed by atoms with E-state index in [1.165, 1.54) is 0 Å². The normalized spacial score (nSPS) is 18.9. The molecule has 20 heavy (non-hydrogen) atoms. The van der Waals surface area contributed by atoms with E-state index in [0.29, 0.717) is 19.1 Å². The maximum Gasteiger partial charge on any atom is 0.410 e. The van der Waals surface area contributed by atoms with Gasteiger partial charge in [0.05, 0.1) is 6.61 Å². The third kappa shape index (κ3) is 4.44. The van der Waals surface area contributed by atoms with Crippen LogP contribution in [0.3, 0.4) is 0 Å². The first-order valence-corrected chi connectivity index (χ1v) is 7.10. The predicted molar refractivity (Wildman–Crippen MR) is 77.9 cm³/mol. The zero-order valence-electron chi connectivity index (χ0n) is 12.5. The Morgan fingerprint density at radius 2 is 2.00 bits per heavy atom. The highest BCUT2D eigenvalue weighted by molar-refractivity contribution is 5.68. The highest BCUT2D eigenvalue weighted by Crippen LogP contribution is 2.20. The lowest BCUT2D eigenvalue weighted by atomic mass is 10.1. The summed E-state index contributed by atoms with van der Waals surface area (Å²) in [6.45, 7) is 7.76. The predicted octanol–water partition coefficient (Wildman–Crippen LogP) is 3.32. The summed E-state index contributed by atoms with van der Waals surface area (Å²) < 4.78 is 11.1. The number of likely N-dealkylation sites (tertiary alicyclic amines) is 1. The van der Waals surface area contributed by atoms with Gasteiger partial charge in [0, 0.05) is 19.0 Å². The monoisotopic (exact) mass is 277 g/mol. The summed E-state index contributed by atoms with van der Waals surface area (Å²) >= 11 is 0. The molecular weight excluding hydrogens is 254 g/mol. The van der Waals surface area contributed by atoms with Crippen LogP contribution in [0.1, 0.15) is 27.2 Å². The van der Waals surface area contributed by atoms with Crippen LogP contribution in [0, 0.1) is 5.92 Å². The van der Waals surface area contributed by atoms with Crippen LogP contribution in [-0.4, -0.2) is 36.3 Å². The van der Waals surface area contributed by atoms with Crippen molar-refractivity contribution in [2.45, 2.75) is 32.8 Å². The molecule has 110 valence electrons. The molecule has 0 aromatic heterocycles. The fourth-order valence-electron chi connectivity index (χ4n) is 2.19. The molecule has 1 amide bonds. The summed E-state index contributed by atoms with van der Waals surface area (Å²) in [7, 11) is 0. The van der Waals surface area contributed by atoms with Crippen LogP contribution < -0.4 is 4.74 Å². The molecule has 2 rings (SSSR count). The number of para-hydroxylation sites is 1. The van der Waals surface area contributed by atoms with E-state index in [1.807, 2.05) is 51.1 Å². The van der Waals surface area contributed by atoms with Gasteiger partial charge in [0.2, 0.25) is 0 Å². The zero-order valence-corrected chi connectivity index (χ0v) is 12.5. The molecule has 1 aliphatic heterocycles. The SMILES string of the molecule is CC(C)(C)OC(=O)N1CCC(COc2ccccc2)C1. The van der Waals surface area contributed by atoms with Crippen molar-refractivity contribution in [3.05, 3.63) is 30.3 Å². The van der Waals surface area contributed by atoms with Crippen molar-refractivity contribution >= 4 is 6.09 Å². The Morgan fingerprint density at radius 1 is 1.30 bits per heavy atom. The van der Waals surface area contributed by atoms with E-state index in [-0.39, 0.29) is 6.09 Å². The molecule has 0 saturated carbocycles. The van der Waals surface area contributed by atoms with E-state index in [4.69, 9.17) is 9.47 Å². The number of amides is 1. The molecular formula is C16H23NO3. The smallest absolute Gasteiger partial charge is 0.410 e. The number of rotatable bonds is 3. The average molecular weight is 277 g/mol. The van der Waals surface area contributed by atoms with E-state index in [0.717, 1.165) is 18.7 Å². The Labute approximate surface area is 120 Å². The van der Waals surface area contributed by atoms with Crippen molar-refractivity contribution < 1.29 is 14.3 Å². The minimum atomic E-state index is -0.435. The van der Waals surface area contributed by atoms with E-state index >= 15 is 0 Å². The molecule has 0 bridgehead atoms. The van der Waals surface area contributed by atoms with Gasteiger partial charge in [-0.2, -0.15) is 0 Å². The highest BCUT2D eigenvalue weighted by Gasteiger charge is 2.29. The lowest BCUT2D eigenvalue weighted by Crippen LogP contribution is -2.35. The molecule has 0 radical (unpaired) electrons. The molecule has 1 heterocycles. The van der Waals surface area contributed by atoms with Gasteiger partial charge in [0.1, 0.15) is 11.4 Å². The van der Waals surface area contributed by atoms with Gasteiger partial charge in [-0.25, -0.2) is 4.79 Å². The number of carbonyl (C=O) groups is 1. The Balaban J connectivity index is 1.76. The van der Waals surface area contributed by atoms with Gasteiger partial charge < -0.3 is 14.4 Å². The maximum absolute atomic E-state index is 11.9. The molecule has 1 aliphatic rings. The van der Waals surface area contributed by atoms with E-state index in [2.05, 4.69) is 0 Å². The van der Waals surface area contributed by atoms with E-state index in [9.17, 15) is 4.79 Å². The van der Waals surface area contributed by atoms with Crippen molar-refractivity contribution in [2.24, 2.45) is 5.92 Å². The number of benzene rings is 1. The summed E-state index contributed by atoms with van der Waals surface area (Å²) in [6.07, 6.45) is 0.742. The number of carbonyl (C=O) groups excluding carboxylic acids is 1. The van der Waals surface area contributed by atoms with Crippen LogP contribution in [0.15, 0.2) is 30.3 Å². The van der Waals surface area contributed by atoms with Gasteiger partial charge in [-0.15, -0.1) is 0 Å². The summed E-state index contributed by atoms with van der Waals surface area (Å²) in [5.41, 5.74) is -0.435. The Kier molecular flexibility index (Phi) is 4.53. The summed E-state index contributed by atoms with van der Waals surface area (Å²) in [6, 6.07) is 9.77. The van der Waals surface area contributed by atoms with Gasteiger partial charge in [0.15, 0.2) is 0 Å². The quantitative estimate of drug-likeness (QED) is 0.850. The van der Waals surface area contributed by atoms with Gasteiger partial charge in [-0.05, 0) is 39.3 Å². The van der Waals surface area contributed by atoms with Crippen LogP contribution >= 0.6 is 0 Å². The summed E-state index contributed by atoms with van der Waals surface area (Å²) in [4.78, 5) is 13.7. The third-order valence-corrected chi connectivity index (χ3v) is 3.17. The first kappa shape index (κ1) is 14.7. The van der Waals surface area contributed by atoms with Crippen molar-refractivity contribution in [3.8, 4) is 5.75 Å². The number of ether oxygens (including phenoxy) is 2. The van der Waals surface area contributed by atoms with Crippen LogP contribution in [0.4, 0.5) is 4.79 Å². The number of nitrogens with zero attached hydrogens (tertiary/aromatic N) is 1.